The Balaban J connectivity index is 1.32. The Morgan fingerprint density at radius 3 is 2.27 bits per heavy atom. The second kappa shape index (κ2) is 9.42. The van der Waals surface area contributed by atoms with Gasteiger partial charge in [-0.3, -0.25) is 9.59 Å². The summed E-state index contributed by atoms with van der Waals surface area (Å²) in [6.07, 6.45) is 3.11. The SMILES string of the molecule is O=C(Nc1ccccc1)C1CCN(C(=O)c2cn(-c3ccccc3)nc2-c2cccs2)CC1. The summed E-state index contributed by atoms with van der Waals surface area (Å²) in [5, 5.41) is 9.71. The van der Waals surface area contributed by atoms with Crippen molar-refractivity contribution >= 4 is 28.8 Å². The van der Waals surface area contributed by atoms with E-state index in [1.54, 1.807) is 16.0 Å². The molecule has 0 saturated carbocycles. The predicted molar refractivity (Wildman–Crippen MR) is 131 cm³/mol. The summed E-state index contributed by atoms with van der Waals surface area (Å²) < 4.78 is 1.77. The van der Waals surface area contributed by atoms with Crippen LogP contribution in [-0.4, -0.2) is 39.6 Å². The molecule has 0 atom stereocenters. The molecular weight excluding hydrogens is 432 g/mol. The number of nitrogens with zero attached hydrogens (tertiary/aromatic N) is 3. The topological polar surface area (TPSA) is 67.2 Å². The minimum atomic E-state index is -0.0990. The van der Waals surface area contributed by atoms with Crippen LogP contribution in [-0.2, 0) is 4.79 Å². The first kappa shape index (κ1) is 21.2. The highest BCUT2D eigenvalue weighted by Crippen LogP contribution is 2.30. The Morgan fingerprint density at radius 1 is 0.909 bits per heavy atom. The second-order valence-corrected chi connectivity index (χ2v) is 9.02. The zero-order valence-electron chi connectivity index (χ0n) is 18.1. The van der Waals surface area contributed by atoms with Crippen LogP contribution in [0, 0.1) is 5.92 Å². The molecule has 1 N–H and O–H groups in total. The summed E-state index contributed by atoms with van der Waals surface area (Å²) in [4.78, 5) is 29.0. The van der Waals surface area contributed by atoms with E-state index in [1.165, 1.54) is 0 Å². The maximum atomic E-state index is 13.5. The molecule has 3 heterocycles. The Morgan fingerprint density at radius 2 is 1.61 bits per heavy atom. The van der Waals surface area contributed by atoms with Crippen LogP contribution in [0.5, 0.6) is 0 Å². The molecule has 0 aliphatic carbocycles. The van der Waals surface area contributed by atoms with Crippen molar-refractivity contribution in [2.24, 2.45) is 5.92 Å². The van der Waals surface area contributed by atoms with Crippen LogP contribution in [0.1, 0.15) is 23.2 Å². The van der Waals surface area contributed by atoms with Crippen LogP contribution < -0.4 is 5.32 Å². The molecule has 1 fully saturated rings. The van der Waals surface area contributed by atoms with Crippen molar-refractivity contribution in [3.63, 3.8) is 0 Å². The number of para-hydroxylation sites is 2. The van der Waals surface area contributed by atoms with Gasteiger partial charge in [-0.2, -0.15) is 5.10 Å². The third kappa shape index (κ3) is 4.59. The normalized spacial score (nSPS) is 14.2. The number of piperidine rings is 1. The van der Waals surface area contributed by atoms with Crippen LogP contribution >= 0.6 is 11.3 Å². The van der Waals surface area contributed by atoms with Gasteiger partial charge >= 0.3 is 0 Å². The van der Waals surface area contributed by atoms with Crippen molar-refractivity contribution in [1.29, 1.82) is 0 Å². The molecule has 0 spiro atoms. The fourth-order valence-corrected chi connectivity index (χ4v) is 4.84. The second-order valence-electron chi connectivity index (χ2n) is 8.07. The molecule has 2 aromatic heterocycles. The summed E-state index contributed by atoms with van der Waals surface area (Å²) >= 11 is 1.57. The van der Waals surface area contributed by atoms with E-state index in [-0.39, 0.29) is 17.7 Å². The van der Waals surface area contributed by atoms with E-state index in [0.717, 1.165) is 16.3 Å². The number of anilines is 1. The molecule has 7 heteroatoms. The average Bonchev–Trinajstić information content (AvgIpc) is 3.55. The Labute approximate surface area is 196 Å². The van der Waals surface area contributed by atoms with Gasteiger partial charge in [0.25, 0.3) is 5.91 Å². The van der Waals surface area contributed by atoms with E-state index in [2.05, 4.69) is 5.32 Å². The van der Waals surface area contributed by atoms with Crippen molar-refractivity contribution in [3.05, 3.63) is 89.9 Å². The quantitative estimate of drug-likeness (QED) is 0.455. The van der Waals surface area contributed by atoms with Crippen LogP contribution in [0.15, 0.2) is 84.4 Å². The van der Waals surface area contributed by atoms with Gasteiger partial charge in [0.1, 0.15) is 5.69 Å². The summed E-state index contributed by atoms with van der Waals surface area (Å²) in [5.41, 5.74) is 3.00. The number of likely N-dealkylation sites (tertiary alicyclic amines) is 1. The Bertz CT molecular complexity index is 1230. The molecule has 1 saturated heterocycles. The van der Waals surface area contributed by atoms with Gasteiger partial charge in [0.15, 0.2) is 0 Å². The van der Waals surface area contributed by atoms with Crippen molar-refractivity contribution in [2.75, 3.05) is 18.4 Å². The standard InChI is InChI=1S/C26H24N4O2S/c31-25(27-20-8-3-1-4-9-20)19-13-15-29(16-14-19)26(32)22-18-30(21-10-5-2-6-11-21)28-24(22)23-12-7-17-33-23/h1-12,17-19H,13-16H2,(H,27,31). The third-order valence-corrected chi connectivity index (χ3v) is 6.79. The molecule has 1 aliphatic rings. The molecule has 2 amide bonds. The molecule has 33 heavy (non-hydrogen) atoms. The fourth-order valence-electron chi connectivity index (χ4n) is 4.12. The van der Waals surface area contributed by atoms with Crippen molar-refractivity contribution < 1.29 is 9.59 Å². The summed E-state index contributed by atoms with van der Waals surface area (Å²) in [6, 6.07) is 23.2. The molecule has 0 radical (unpaired) electrons. The lowest BCUT2D eigenvalue weighted by Crippen LogP contribution is -2.41. The van der Waals surface area contributed by atoms with E-state index < -0.39 is 0 Å². The first-order valence-electron chi connectivity index (χ1n) is 11.0. The van der Waals surface area contributed by atoms with Gasteiger partial charge in [-0.1, -0.05) is 42.5 Å². The van der Waals surface area contributed by atoms with E-state index >= 15 is 0 Å². The van der Waals surface area contributed by atoms with Gasteiger partial charge < -0.3 is 10.2 Å². The minimum absolute atomic E-state index is 0.0180. The highest BCUT2D eigenvalue weighted by atomic mass is 32.1. The first-order valence-corrected chi connectivity index (χ1v) is 11.9. The maximum Gasteiger partial charge on any atom is 0.257 e. The van der Waals surface area contributed by atoms with E-state index in [1.807, 2.05) is 89.3 Å². The number of carbonyl (C=O) groups excluding carboxylic acids is 2. The fraction of sp³-hybridized carbons (Fsp3) is 0.192. The van der Waals surface area contributed by atoms with Crippen molar-refractivity contribution in [3.8, 4) is 16.3 Å². The molecule has 166 valence electrons. The largest absolute Gasteiger partial charge is 0.338 e. The lowest BCUT2D eigenvalue weighted by molar-refractivity contribution is -0.121. The lowest BCUT2D eigenvalue weighted by Gasteiger charge is -2.31. The number of hydrogen-bond donors (Lipinski definition) is 1. The smallest absolute Gasteiger partial charge is 0.257 e. The van der Waals surface area contributed by atoms with Gasteiger partial charge in [-0.05, 0) is 48.6 Å². The predicted octanol–water partition coefficient (Wildman–Crippen LogP) is 5.09. The van der Waals surface area contributed by atoms with Crippen LogP contribution in [0.2, 0.25) is 0 Å². The van der Waals surface area contributed by atoms with Crippen LogP contribution in [0.25, 0.3) is 16.3 Å². The monoisotopic (exact) mass is 456 g/mol. The molecule has 6 nitrogen and oxygen atoms in total. The highest BCUT2D eigenvalue weighted by Gasteiger charge is 2.30. The zero-order chi connectivity index (χ0) is 22.6. The number of benzene rings is 2. The van der Waals surface area contributed by atoms with Gasteiger partial charge in [0, 0.05) is 30.9 Å². The summed E-state index contributed by atoms with van der Waals surface area (Å²) in [7, 11) is 0. The average molecular weight is 457 g/mol. The molecule has 0 bridgehead atoms. The van der Waals surface area contributed by atoms with Crippen molar-refractivity contribution in [2.45, 2.75) is 12.8 Å². The van der Waals surface area contributed by atoms with Crippen LogP contribution in [0.4, 0.5) is 5.69 Å². The van der Waals surface area contributed by atoms with E-state index in [9.17, 15) is 9.59 Å². The van der Waals surface area contributed by atoms with E-state index in [4.69, 9.17) is 5.10 Å². The van der Waals surface area contributed by atoms with Crippen molar-refractivity contribution in [1.82, 2.24) is 14.7 Å². The highest BCUT2D eigenvalue weighted by molar-refractivity contribution is 7.13. The number of amides is 2. The minimum Gasteiger partial charge on any atom is -0.338 e. The van der Waals surface area contributed by atoms with Gasteiger partial charge in [0.2, 0.25) is 5.91 Å². The molecular formula is C26H24N4O2S. The number of aromatic nitrogens is 2. The lowest BCUT2D eigenvalue weighted by atomic mass is 9.95. The van der Waals surface area contributed by atoms with Gasteiger partial charge in [0.05, 0.1) is 16.1 Å². The van der Waals surface area contributed by atoms with Crippen LogP contribution in [0.3, 0.4) is 0 Å². The molecule has 0 unspecified atom stereocenters. The molecule has 5 rings (SSSR count). The Kier molecular flexibility index (Phi) is 6.04. The maximum absolute atomic E-state index is 13.5. The van der Waals surface area contributed by atoms with E-state index in [0.29, 0.717) is 37.2 Å². The Hall–Kier alpha value is -3.71. The molecule has 4 aromatic rings. The first-order chi connectivity index (χ1) is 16.2. The number of nitrogens with one attached hydrogen (secondary N) is 1. The summed E-state index contributed by atoms with van der Waals surface area (Å²) in [5.74, 6) is -0.120. The number of carbonyl (C=O) groups is 2. The third-order valence-electron chi connectivity index (χ3n) is 5.91. The summed E-state index contributed by atoms with van der Waals surface area (Å²) in [6.45, 7) is 1.10. The zero-order valence-corrected chi connectivity index (χ0v) is 18.9. The number of hydrogen-bond acceptors (Lipinski definition) is 4. The molecule has 1 aliphatic heterocycles. The van der Waals surface area contributed by atoms with Gasteiger partial charge in [-0.15, -0.1) is 11.3 Å². The number of thiophene rings is 1. The van der Waals surface area contributed by atoms with Gasteiger partial charge in [-0.25, -0.2) is 4.68 Å². The molecule has 2 aromatic carbocycles. The number of rotatable bonds is 5.